The van der Waals surface area contributed by atoms with Gasteiger partial charge in [0.25, 0.3) is 0 Å². The first kappa shape index (κ1) is 19.2. The van der Waals surface area contributed by atoms with E-state index in [4.69, 9.17) is 21.4 Å². The van der Waals surface area contributed by atoms with Crippen molar-refractivity contribution in [3.63, 3.8) is 0 Å². The number of hydrogen-bond donors (Lipinski definition) is 2. The van der Waals surface area contributed by atoms with Crippen LogP contribution in [-0.4, -0.2) is 40.8 Å². The van der Waals surface area contributed by atoms with Crippen LogP contribution in [0.3, 0.4) is 0 Å². The van der Waals surface area contributed by atoms with Crippen LogP contribution in [0.4, 0.5) is 0 Å². The Morgan fingerprint density at radius 1 is 1.24 bits per heavy atom. The van der Waals surface area contributed by atoms with Gasteiger partial charge in [-0.05, 0) is 43.3 Å². The lowest BCUT2D eigenvalue weighted by molar-refractivity contribution is -0.124. The maximum Gasteiger partial charge on any atom is 0.227 e. The van der Waals surface area contributed by atoms with Gasteiger partial charge in [0.05, 0.1) is 25.3 Å². The van der Waals surface area contributed by atoms with Gasteiger partial charge in [-0.2, -0.15) is 0 Å². The van der Waals surface area contributed by atoms with Crippen LogP contribution in [0.5, 0.6) is 0 Å². The lowest BCUT2D eigenvalue weighted by Crippen LogP contribution is -2.36. The molecule has 0 saturated heterocycles. The van der Waals surface area contributed by atoms with Crippen molar-refractivity contribution < 1.29 is 19.4 Å². The quantitative estimate of drug-likeness (QED) is 0.554. The highest BCUT2D eigenvalue weighted by Crippen LogP contribution is 2.16. The predicted molar refractivity (Wildman–Crippen MR) is 94.6 cm³/mol. The molecule has 2 N–H and O–H groups in total. The zero-order valence-corrected chi connectivity index (χ0v) is 14.9. The Kier molecular flexibility index (Phi) is 6.75. The van der Waals surface area contributed by atoms with Gasteiger partial charge in [-0.25, -0.2) is 0 Å². The third kappa shape index (κ3) is 5.16. The summed E-state index contributed by atoms with van der Waals surface area (Å²) in [6.45, 7) is 1.74. The molecule has 25 heavy (non-hydrogen) atoms. The molecule has 0 fully saturated rings. The average Bonchev–Trinajstić information content (AvgIpc) is 2.93. The molecule has 0 aliphatic rings. The molecule has 2 aromatic rings. The number of nitrogens with one attached hydrogen (secondary N) is 1. The van der Waals surface area contributed by atoms with E-state index in [0.29, 0.717) is 22.0 Å². The van der Waals surface area contributed by atoms with Crippen molar-refractivity contribution in [2.24, 2.45) is 7.05 Å². The fourth-order valence-corrected chi connectivity index (χ4v) is 2.55. The number of aliphatic hydroxyl groups is 1. The van der Waals surface area contributed by atoms with E-state index in [1.807, 2.05) is 0 Å². The van der Waals surface area contributed by atoms with Crippen LogP contribution < -0.4 is 5.32 Å². The van der Waals surface area contributed by atoms with Gasteiger partial charge in [0, 0.05) is 23.3 Å². The van der Waals surface area contributed by atoms with Crippen LogP contribution in [0.1, 0.15) is 28.7 Å². The molecule has 2 rings (SSSR count). The second kappa shape index (κ2) is 8.80. The summed E-state index contributed by atoms with van der Waals surface area (Å²) in [4.78, 5) is 24.6. The van der Waals surface area contributed by atoms with Crippen LogP contribution in [0.2, 0.25) is 5.02 Å². The number of hydrogen-bond acceptors (Lipinski definition) is 4. The summed E-state index contributed by atoms with van der Waals surface area (Å²) >= 11 is 5.84. The first-order valence-electron chi connectivity index (χ1n) is 7.89. The predicted octanol–water partition coefficient (Wildman–Crippen LogP) is 1.92. The Hall–Kier alpha value is -2.15. The number of ketones is 1. The Bertz CT molecular complexity index is 740. The van der Waals surface area contributed by atoms with Crippen molar-refractivity contribution in [1.82, 2.24) is 9.88 Å². The van der Waals surface area contributed by atoms with Gasteiger partial charge in [0.15, 0.2) is 0 Å². The summed E-state index contributed by atoms with van der Waals surface area (Å²) in [5, 5.41) is 12.0. The van der Waals surface area contributed by atoms with Crippen LogP contribution in [0, 0.1) is 0 Å². The van der Waals surface area contributed by atoms with Gasteiger partial charge >= 0.3 is 0 Å². The topological polar surface area (TPSA) is 80.6 Å². The maximum atomic E-state index is 12.6. The third-order valence-electron chi connectivity index (χ3n) is 3.73. The van der Waals surface area contributed by atoms with Gasteiger partial charge in [0.1, 0.15) is 6.23 Å². The van der Waals surface area contributed by atoms with Gasteiger partial charge in [0.2, 0.25) is 11.7 Å². The Balaban J connectivity index is 2.04. The van der Waals surface area contributed by atoms with E-state index >= 15 is 0 Å². The van der Waals surface area contributed by atoms with Crippen molar-refractivity contribution in [3.8, 4) is 0 Å². The fourth-order valence-electron chi connectivity index (χ4n) is 2.42. The van der Waals surface area contributed by atoms with Gasteiger partial charge in [-0.1, -0.05) is 11.6 Å². The molecule has 6 nitrogen and oxygen atoms in total. The molecule has 1 aromatic heterocycles. The molecule has 0 radical (unpaired) electrons. The smallest absolute Gasteiger partial charge is 0.227 e. The summed E-state index contributed by atoms with van der Waals surface area (Å²) in [5.41, 5.74) is 1.74. The summed E-state index contributed by atoms with van der Waals surface area (Å²) in [6.07, 6.45) is -0.368. The summed E-state index contributed by atoms with van der Waals surface area (Å²) in [7, 11) is 1.75. The average molecular weight is 365 g/mol. The SMILES string of the molecule is CC(NC(=O)Cc1ccc(C(=O)c2ccc(Cl)cc2)n1C)OCCO. The van der Waals surface area contributed by atoms with Crippen LogP contribution in [0.25, 0.3) is 0 Å². The second-order valence-electron chi connectivity index (χ2n) is 5.59. The molecule has 7 heteroatoms. The molecule has 1 amide bonds. The number of rotatable bonds is 8. The highest BCUT2D eigenvalue weighted by atomic mass is 35.5. The van der Waals surface area contributed by atoms with E-state index in [9.17, 15) is 9.59 Å². The minimum atomic E-state index is -0.491. The van der Waals surface area contributed by atoms with E-state index in [1.54, 1.807) is 54.9 Å². The molecule has 0 saturated carbocycles. The Labute approximate surface area is 151 Å². The molecule has 134 valence electrons. The standard InChI is InChI=1S/C18H21ClN2O4/c1-12(25-10-9-22)20-17(23)11-15-7-8-16(21(15)2)18(24)13-3-5-14(19)6-4-13/h3-8,12,22H,9-11H2,1-2H3,(H,20,23). The number of ether oxygens (including phenoxy) is 1. The molecule has 1 heterocycles. The molecule has 0 aliphatic heterocycles. The largest absolute Gasteiger partial charge is 0.394 e. The lowest BCUT2D eigenvalue weighted by atomic mass is 10.1. The lowest BCUT2D eigenvalue weighted by Gasteiger charge is -2.14. The van der Waals surface area contributed by atoms with E-state index in [-0.39, 0.29) is 31.3 Å². The molecule has 1 aromatic carbocycles. The van der Waals surface area contributed by atoms with E-state index in [0.717, 1.165) is 0 Å². The molecule has 0 aliphatic carbocycles. The van der Waals surface area contributed by atoms with Gasteiger partial charge in [-0.15, -0.1) is 0 Å². The first-order chi connectivity index (χ1) is 11.9. The van der Waals surface area contributed by atoms with Crippen molar-refractivity contribution in [2.75, 3.05) is 13.2 Å². The van der Waals surface area contributed by atoms with Crippen LogP contribution in [-0.2, 0) is 23.0 Å². The highest BCUT2D eigenvalue weighted by Gasteiger charge is 2.17. The van der Waals surface area contributed by atoms with E-state index in [1.165, 1.54) is 0 Å². The monoisotopic (exact) mass is 364 g/mol. The maximum absolute atomic E-state index is 12.6. The summed E-state index contributed by atoms with van der Waals surface area (Å²) < 4.78 is 6.89. The molecular formula is C18H21ClN2O4. The molecular weight excluding hydrogens is 344 g/mol. The van der Waals surface area contributed by atoms with Gasteiger partial charge in [-0.3, -0.25) is 9.59 Å². The number of aromatic nitrogens is 1. The van der Waals surface area contributed by atoms with E-state index in [2.05, 4.69) is 5.32 Å². The highest BCUT2D eigenvalue weighted by molar-refractivity contribution is 6.30. The second-order valence-corrected chi connectivity index (χ2v) is 6.02. The first-order valence-corrected chi connectivity index (χ1v) is 8.27. The van der Waals surface area contributed by atoms with Crippen molar-refractivity contribution in [1.29, 1.82) is 0 Å². The zero-order chi connectivity index (χ0) is 18.4. The number of carbonyl (C=O) groups is 2. The Morgan fingerprint density at radius 2 is 1.92 bits per heavy atom. The van der Waals surface area contributed by atoms with Crippen LogP contribution >= 0.6 is 11.6 Å². The number of nitrogens with zero attached hydrogens (tertiary/aromatic N) is 1. The summed E-state index contributed by atoms with van der Waals surface area (Å²) in [5.74, 6) is -0.359. The number of aliphatic hydroxyl groups excluding tert-OH is 1. The van der Waals surface area contributed by atoms with E-state index < -0.39 is 6.23 Å². The van der Waals surface area contributed by atoms with Gasteiger partial charge < -0.3 is 19.7 Å². The number of carbonyl (C=O) groups excluding carboxylic acids is 2. The van der Waals surface area contributed by atoms with Crippen molar-refractivity contribution >= 4 is 23.3 Å². The minimum absolute atomic E-state index is 0.103. The number of halogens is 1. The molecule has 1 atom stereocenters. The minimum Gasteiger partial charge on any atom is -0.394 e. The number of amides is 1. The normalized spacial score (nSPS) is 12.0. The molecule has 0 spiro atoms. The van der Waals surface area contributed by atoms with Crippen LogP contribution in [0.15, 0.2) is 36.4 Å². The zero-order valence-electron chi connectivity index (χ0n) is 14.2. The molecule has 0 bridgehead atoms. The Morgan fingerprint density at radius 3 is 2.56 bits per heavy atom. The molecule has 1 unspecified atom stereocenters. The fraction of sp³-hybridized carbons (Fsp3) is 0.333. The van der Waals surface area contributed by atoms with Crippen molar-refractivity contribution in [2.45, 2.75) is 19.6 Å². The third-order valence-corrected chi connectivity index (χ3v) is 3.98. The van der Waals surface area contributed by atoms with Crippen molar-refractivity contribution in [3.05, 3.63) is 58.4 Å². The summed E-state index contributed by atoms with van der Waals surface area (Å²) in [6, 6.07) is 10.1. The number of benzene rings is 1.